The van der Waals surface area contributed by atoms with E-state index in [1.54, 1.807) is 31.2 Å². The molecule has 3 amide bonds. The Morgan fingerprint density at radius 3 is 2.18 bits per heavy atom. The second-order valence-corrected chi connectivity index (χ2v) is 19.7. The minimum atomic E-state index is -1.04. The number of benzene rings is 1. The summed E-state index contributed by atoms with van der Waals surface area (Å²) in [6.45, 7) is 18.1. The Bertz CT molecular complexity index is 1940. The fraction of sp³-hybridized carbons (Fsp3) is 0.667. The number of hydrogen-bond donors (Lipinski definition) is 4. The fourth-order valence-electron chi connectivity index (χ4n) is 7.71. The summed E-state index contributed by atoms with van der Waals surface area (Å²) in [5.41, 5.74) is 6.67. The highest BCUT2D eigenvalue weighted by Gasteiger charge is 2.39. The van der Waals surface area contributed by atoms with Gasteiger partial charge >= 0.3 is 23.9 Å². The van der Waals surface area contributed by atoms with E-state index < -0.39 is 84.7 Å². The first-order valence-corrected chi connectivity index (χ1v) is 24.1. The normalized spacial score (nSPS) is 17.5. The predicted molar refractivity (Wildman–Crippen MR) is 250 cm³/mol. The number of rotatable bonds is 25. The van der Waals surface area contributed by atoms with Gasteiger partial charge in [-0.1, -0.05) is 87.3 Å². The van der Waals surface area contributed by atoms with Crippen molar-refractivity contribution in [1.29, 1.82) is 0 Å². The van der Waals surface area contributed by atoms with Crippen LogP contribution in [0.25, 0.3) is 0 Å². The third kappa shape index (κ3) is 17.0. The minimum Gasteiger partial charge on any atom is -0.481 e. The molecule has 1 aliphatic rings. The van der Waals surface area contributed by atoms with E-state index >= 15 is 0 Å². The number of nitrogens with zero attached hydrogens (tertiary/aromatic N) is 3. The summed E-state index contributed by atoms with van der Waals surface area (Å²) < 4.78 is 17.0. The predicted octanol–water partition coefficient (Wildman–Crippen LogP) is 5.89. The Morgan fingerprint density at radius 1 is 0.955 bits per heavy atom. The number of carboxylic acid groups (broad SMARTS) is 1. The van der Waals surface area contributed by atoms with Crippen LogP contribution in [0.3, 0.4) is 0 Å². The number of esters is 3. The van der Waals surface area contributed by atoms with Gasteiger partial charge in [0.1, 0.15) is 28.5 Å². The first-order chi connectivity index (χ1) is 31.0. The molecule has 0 saturated carbocycles. The number of hydrogen-bond acceptors (Lipinski definition) is 14. The number of nitrogens with one attached hydrogen (secondary N) is 2. The summed E-state index contributed by atoms with van der Waals surface area (Å²) in [7, 11) is 1.90. The molecule has 368 valence electrons. The van der Waals surface area contributed by atoms with Crippen molar-refractivity contribution in [3.8, 4) is 5.75 Å². The molecule has 1 aromatic carbocycles. The molecule has 0 unspecified atom stereocenters. The maximum absolute atomic E-state index is 14.9. The number of ether oxygens (including phenoxy) is 3. The van der Waals surface area contributed by atoms with Crippen LogP contribution in [0.1, 0.15) is 141 Å². The van der Waals surface area contributed by atoms with Crippen molar-refractivity contribution in [2.75, 3.05) is 20.3 Å². The molecular formula is C48H74N6O11S. The average Bonchev–Trinajstić information content (AvgIpc) is 3.75. The summed E-state index contributed by atoms with van der Waals surface area (Å²) >= 11 is 1.08. The van der Waals surface area contributed by atoms with E-state index in [0.29, 0.717) is 18.6 Å². The fourth-order valence-corrected chi connectivity index (χ4v) is 8.55. The topological polar surface area (TPSA) is 237 Å². The van der Waals surface area contributed by atoms with Gasteiger partial charge in [0, 0.05) is 37.2 Å². The van der Waals surface area contributed by atoms with Crippen LogP contribution >= 0.6 is 11.3 Å². The summed E-state index contributed by atoms with van der Waals surface area (Å²) in [5, 5.41) is 17.5. The van der Waals surface area contributed by atoms with Gasteiger partial charge in [0.25, 0.3) is 5.91 Å². The molecule has 66 heavy (non-hydrogen) atoms. The highest BCUT2D eigenvalue weighted by molar-refractivity contribution is 7.09. The molecule has 1 aromatic heterocycles. The number of amides is 3. The van der Waals surface area contributed by atoms with Crippen LogP contribution in [0.15, 0.2) is 29.6 Å². The summed E-state index contributed by atoms with van der Waals surface area (Å²) in [5.74, 6) is -5.20. The van der Waals surface area contributed by atoms with Crippen LogP contribution in [-0.4, -0.2) is 112 Å². The highest BCUT2D eigenvalue weighted by Crippen LogP contribution is 2.32. The van der Waals surface area contributed by atoms with E-state index in [-0.39, 0.29) is 66.0 Å². The third-order valence-electron chi connectivity index (χ3n) is 12.0. The zero-order valence-electron chi connectivity index (χ0n) is 40.7. The second kappa shape index (κ2) is 26.4. The Balaban J connectivity index is 1.94. The first-order valence-electron chi connectivity index (χ1n) is 23.2. The average molecular weight is 943 g/mol. The van der Waals surface area contributed by atoms with Crippen molar-refractivity contribution in [3.63, 3.8) is 0 Å². The Hall–Kier alpha value is -4.94. The number of carboxylic acids is 1. The SMILES string of the molecule is CC[C@H](C)[C@H](NC(=O)[C@H]1CCCCN1C)C(=O)N(COC(=O)CC(C)C)[C@H](C[C@@H](OC(C)=O)c1nc(C(=O)N[C@@H](Cc2ccc(OC(=O)[C@H](N)C(C)C)cc2)C[C@H](C)C(=O)O)cs1)C(C)C. The number of thiazole rings is 1. The molecule has 2 aromatic rings. The number of aliphatic carboxylic acids is 1. The third-order valence-corrected chi connectivity index (χ3v) is 13.0. The molecule has 8 atom stereocenters. The molecule has 1 saturated heterocycles. The Labute approximate surface area is 394 Å². The molecule has 0 bridgehead atoms. The molecule has 3 rings (SSSR count). The molecule has 0 aliphatic carbocycles. The van der Waals surface area contributed by atoms with E-state index in [9.17, 15) is 38.7 Å². The van der Waals surface area contributed by atoms with Crippen LogP contribution < -0.4 is 21.1 Å². The maximum atomic E-state index is 14.9. The summed E-state index contributed by atoms with van der Waals surface area (Å²) in [6.07, 6.45) is 2.54. The lowest BCUT2D eigenvalue weighted by atomic mass is 9.92. The number of aromatic nitrogens is 1. The van der Waals surface area contributed by atoms with Gasteiger partial charge in [-0.3, -0.25) is 33.7 Å². The number of nitrogens with two attached hydrogens (primary N) is 1. The first kappa shape index (κ1) is 55.4. The molecule has 0 radical (unpaired) electrons. The molecule has 0 spiro atoms. The quantitative estimate of drug-likeness (QED) is 0.0516. The van der Waals surface area contributed by atoms with E-state index in [1.807, 2.05) is 67.3 Å². The van der Waals surface area contributed by atoms with E-state index in [0.717, 1.165) is 36.3 Å². The van der Waals surface area contributed by atoms with Gasteiger partial charge in [0.15, 0.2) is 12.8 Å². The molecule has 18 heteroatoms. The largest absolute Gasteiger partial charge is 0.481 e. The number of likely N-dealkylation sites (tertiary alicyclic amines) is 1. The van der Waals surface area contributed by atoms with E-state index in [1.165, 1.54) is 17.2 Å². The highest BCUT2D eigenvalue weighted by atomic mass is 32.1. The van der Waals surface area contributed by atoms with Crippen LogP contribution in [0, 0.1) is 29.6 Å². The summed E-state index contributed by atoms with van der Waals surface area (Å²) in [6, 6.07) is 3.15. The van der Waals surface area contributed by atoms with Gasteiger partial charge < -0.3 is 40.6 Å². The molecule has 2 heterocycles. The van der Waals surface area contributed by atoms with Gasteiger partial charge in [-0.05, 0) is 80.6 Å². The standard InChI is InChI=1S/C48H74N6O11S/c1-12-30(8)42(52-44(58)37-15-13-14-20-53(37)11)46(59)54(26-63-40(56)21-27(2)3)38(28(4)5)24-39(64-32(10)55)45-51-36(25-66-45)43(57)50-34(22-31(9)47(60)61)23-33-16-18-35(19-17-33)65-48(62)41(49)29(6)7/h16-19,25,27-31,34,37-39,41-42H,12-15,20-24,26,49H2,1-11H3,(H,50,57)(H,52,58)(H,60,61)/t30-,31-,34+,37+,38+,39+,41+,42-/m0/s1. The van der Waals surface area contributed by atoms with E-state index in [4.69, 9.17) is 19.9 Å². The minimum absolute atomic E-state index is 0.00184. The number of piperidine rings is 1. The Morgan fingerprint density at radius 2 is 1.62 bits per heavy atom. The van der Waals surface area contributed by atoms with Crippen molar-refractivity contribution in [3.05, 3.63) is 45.9 Å². The molecule has 1 aliphatic heterocycles. The summed E-state index contributed by atoms with van der Waals surface area (Å²) in [4.78, 5) is 101. The molecular weight excluding hydrogens is 869 g/mol. The lowest BCUT2D eigenvalue weighted by Gasteiger charge is -2.39. The van der Waals surface area contributed by atoms with Crippen LogP contribution in [-0.2, 0) is 44.7 Å². The van der Waals surface area contributed by atoms with E-state index in [2.05, 4.69) is 15.6 Å². The molecule has 1 fully saturated rings. The van der Waals surface area contributed by atoms with Crippen molar-refractivity contribution in [2.24, 2.45) is 35.3 Å². The molecule has 17 nitrogen and oxygen atoms in total. The van der Waals surface area contributed by atoms with Gasteiger partial charge in [0.2, 0.25) is 11.8 Å². The molecule has 5 N–H and O–H groups in total. The smallest absolute Gasteiger partial charge is 0.328 e. The van der Waals surface area contributed by atoms with Crippen molar-refractivity contribution >= 4 is 52.9 Å². The monoisotopic (exact) mass is 943 g/mol. The second-order valence-electron chi connectivity index (χ2n) is 18.8. The number of likely N-dealkylation sites (N-methyl/N-ethyl adjacent to an activating group) is 1. The van der Waals surface area contributed by atoms with Crippen molar-refractivity contribution < 1.29 is 52.9 Å². The zero-order valence-corrected chi connectivity index (χ0v) is 41.5. The van der Waals surface area contributed by atoms with Crippen LogP contribution in [0.4, 0.5) is 0 Å². The Kier molecular flexibility index (Phi) is 22.2. The van der Waals surface area contributed by atoms with Gasteiger partial charge in [-0.15, -0.1) is 11.3 Å². The van der Waals surface area contributed by atoms with Gasteiger partial charge in [0.05, 0.1) is 12.0 Å². The number of carbonyl (C=O) groups excluding carboxylic acids is 6. The zero-order chi connectivity index (χ0) is 49.4. The van der Waals surface area contributed by atoms with Crippen LogP contribution in [0.5, 0.6) is 5.75 Å². The van der Waals surface area contributed by atoms with Gasteiger partial charge in [-0.25, -0.2) is 9.78 Å². The van der Waals surface area contributed by atoms with Crippen molar-refractivity contribution in [1.82, 2.24) is 25.4 Å². The maximum Gasteiger partial charge on any atom is 0.328 e. The van der Waals surface area contributed by atoms with Crippen molar-refractivity contribution in [2.45, 2.75) is 157 Å². The van der Waals surface area contributed by atoms with Gasteiger partial charge in [-0.2, -0.15) is 0 Å². The van der Waals surface area contributed by atoms with Crippen LogP contribution in [0.2, 0.25) is 0 Å². The number of carbonyl (C=O) groups is 7. The lowest BCUT2D eigenvalue weighted by molar-refractivity contribution is -0.161. The lowest BCUT2D eigenvalue weighted by Crippen LogP contribution is -2.59.